The third kappa shape index (κ3) is 2.48. The van der Waals surface area contributed by atoms with Gasteiger partial charge in [0.25, 0.3) is 5.91 Å². The van der Waals surface area contributed by atoms with Crippen molar-refractivity contribution in [3.8, 4) is 0 Å². The number of carbonyl (C=O) groups excluding carboxylic acids is 1. The molecular formula is C13H18N2O2. The Morgan fingerprint density at radius 3 is 3.06 bits per heavy atom. The number of fused-ring (bicyclic) bond motifs is 1. The molecule has 0 fully saturated rings. The van der Waals surface area contributed by atoms with Crippen molar-refractivity contribution in [1.29, 1.82) is 0 Å². The number of hydrogen-bond donors (Lipinski definition) is 1. The van der Waals surface area contributed by atoms with Gasteiger partial charge in [-0.1, -0.05) is 12.1 Å². The lowest BCUT2D eigenvalue weighted by molar-refractivity contribution is -0.122. The molecule has 92 valence electrons. The Labute approximate surface area is 101 Å². The average molecular weight is 234 g/mol. The van der Waals surface area contributed by atoms with Crippen LogP contribution < -0.4 is 10.6 Å². The average Bonchev–Trinajstić information content (AvgIpc) is 2.73. The van der Waals surface area contributed by atoms with Crippen LogP contribution in [0.15, 0.2) is 18.2 Å². The molecule has 0 saturated carbocycles. The molecule has 1 heterocycles. The summed E-state index contributed by atoms with van der Waals surface area (Å²) in [5.74, 6) is 0.0258. The SMILES string of the molecule is COCC(=O)N1CCc2cc(CCN)ccc21. The number of carbonyl (C=O) groups is 1. The van der Waals surface area contributed by atoms with Gasteiger partial charge in [0.1, 0.15) is 6.61 Å². The summed E-state index contributed by atoms with van der Waals surface area (Å²) in [5, 5.41) is 0. The highest BCUT2D eigenvalue weighted by Gasteiger charge is 2.24. The highest BCUT2D eigenvalue weighted by molar-refractivity contribution is 5.96. The topological polar surface area (TPSA) is 55.6 Å². The summed E-state index contributed by atoms with van der Waals surface area (Å²) in [6.07, 6.45) is 1.81. The highest BCUT2D eigenvalue weighted by atomic mass is 16.5. The molecule has 1 aromatic carbocycles. The fraction of sp³-hybridized carbons (Fsp3) is 0.462. The van der Waals surface area contributed by atoms with Crippen LogP contribution >= 0.6 is 0 Å². The van der Waals surface area contributed by atoms with Crippen LogP contribution in [0.25, 0.3) is 0 Å². The Balaban J connectivity index is 2.18. The molecule has 0 unspecified atom stereocenters. The molecule has 2 N–H and O–H groups in total. The predicted molar refractivity (Wildman–Crippen MR) is 67.1 cm³/mol. The lowest BCUT2D eigenvalue weighted by Gasteiger charge is -2.16. The van der Waals surface area contributed by atoms with Crippen molar-refractivity contribution in [3.63, 3.8) is 0 Å². The van der Waals surface area contributed by atoms with Crippen LogP contribution in [0, 0.1) is 0 Å². The molecule has 1 aliphatic heterocycles. The lowest BCUT2D eigenvalue weighted by atomic mass is 10.1. The number of rotatable bonds is 4. The summed E-state index contributed by atoms with van der Waals surface area (Å²) < 4.78 is 4.89. The molecule has 1 aliphatic rings. The predicted octanol–water partition coefficient (Wildman–Crippen LogP) is 0.723. The zero-order valence-corrected chi connectivity index (χ0v) is 10.1. The van der Waals surface area contributed by atoms with Crippen LogP contribution in [0.5, 0.6) is 0 Å². The van der Waals surface area contributed by atoms with Gasteiger partial charge >= 0.3 is 0 Å². The summed E-state index contributed by atoms with van der Waals surface area (Å²) in [4.78, 5) is 13.6. The zero-order chi connectivity index (χ0) is 12.3. The summed E-state index contributed by atoms with van der Waals surface area (Å²) >= 11 is 0. The van der Waals surface area contributed by atoms with Gasteiger partial charge in [0.2, 0.25) is 0 Å². The molecular weight excluding hydrogens is 216 g/mol. The Bertz CT molecular complexity index is 418. The molecule has 2 rings (SSSR count). The van der Waals surface area contributed by atoms with Crippen molar-refractivity contribution < 1.29 is 9.53 Å². The van der Waals surface area contributed by atoms with Gasteiger partial charge in [-0.05, 0) is 36.6 Å². The minimum absolute atomic E-state index is 0.0258. The third-order valence-corrected chi connectivity index (χ3v) is 3.04. The molecule has 4 nitrogen and oxygen atoms in total. The number of hydrogen-bond acceptors (Lipinski definition) is 3. The Morgan fingerprint density at radius 2 is 2.35 bits per heavy atom. The Hall–Kier alpha value is -1.39. The number of nitrogens with two attached hydrogens (primary N) is 1. The van der Waals surface area contributed by atoms with Crippen LogP contribution in [0.3, 0.4) is 0 Å². The number of anilines is 1. The molecule has 0 aromatic heterocycles. The van der Waals surface area contributed by atoms with E-state index in [1.807, 2.05) is 12.1 Å². The van der Waals surface area contributed by atoms with E-state index < -0.39 is 0 Å². The van der Waals surface area contributed by atoms with Gasteiger partial charge in [0.15, 0.2) is 0 Å². The first-order chi connectivity index (χ1) is 8.26. The maximum Gasteiger partial charge on any atom is 0.252 e. The van der Waals surface area contributed by atoms with E-state index >= 15 is 0 Å². The van der Waals surface area contributed by atoms with E-state index in [1.54, 1.807) is 12.0 Å². The van der Waals surface area contributed by atoms with E-state index in [2.05, 4.69) is 6.07 Å². The van der Waals surface area contributed by atoms with Gasteiger partial charge in [-0.3, -0.25) is 4.79 Å². The fourth-order valence-electron chi connectivity index (χ4n) is 2.24. The molecule has 1 amide bonds. The lowest BCUT2D eigenvalue weighted by Crippen LogP contribution is -2.31. The van der Waals surface area contributed by atoms with E-state index in [1.165, 1.54) is 11.1 Å². The first kappa shape index (κ1) is 12.1. The minimum atomic E-state index is 0.0258. The van der Waals surface area contributed by atoms with Crippen LogP contribution in [-0.2, 0) is 22.4 Å². The normalized spacial score (nSPS) is 13.9. The van der Waals surface area contributed by atoms with Crippen LogP contribution in [-0.4, -0.2) is 32.7 Å². The monoisotopic (exact) mass is 234 g/mol. The van der Waals surface area contributed by atoms with E-state index in [4.69, 9.17) is 10.5 Å². The molecule has 0 saturated heterocycles. The molecule has 0 bridgehead atoms. The first-order valence-electron chi connectivity index (χ1n) is 5.87. The summed E-state index contributed by atoms with van der Waals surface area (Å²) in [6.45, 7) is 1.55. The third-order valence-electron chi connectivity index (χ3n) is 3.04. The standard InChI is InChI=1S/C13H18N2O2/c1-17-9-13(16)15-7-5-11-8-10(4-6-14)2-3-12(11)15/h2-3,8H,4-7,9,14H2,1H3. The molecule has 17 heavy (non-hydrogen) atoms. The molecule has 0 radical (unpaired) electrons. The van der Waals surface area contributed by atoms with Gasteiger partial charge in [0.05, 0.1) is 0 Å². The summed E-state index contributed by atoms with van der Waals surface area (Å²) in [6, 6.07) is 6.22. The number of nitrogens with zero attached hydrogens (tertiary/aromatic N) is 1. The number of amides is 1. The van der Waals surface area contributed by atoms with E-state index in [0.29, 0.717) is 6.54 Å². The molecule has 0 spiro atoms. The quantitative estimate of drug-likeness (QED) is 0.835. The number of ether oxygens (including phenoxy) is 1. The molecule has 4 heteroatoms. The zero-order valence-electron chi connectivity index (χ0n) is 10.1. The second-order valence-corrected chi connectivity index (χ2v) is 4.23. The second-order valence-electron chi connectivity index (χ2n) is 4.23. The van der Waals surface area contributed by atoms with Crippen molar-refractivity contribution in [2.75, 3.05) is 31.7 Å². The van der Waals surface area contributed by atoms with E-state index in [0.717, 1.165) is 25.1 Å². The molecule has 1 aromatic rings. The van der Waals surface area contributed by atoms with Crippen molar-refractivity contribution >= 4 is 11.6 Å². The molecule has 0 aliphatic carbocycles. The van der Waals surface area contributed by atoms with Crippen molar-refractivity contribution in [2.24, 2.45) is 5.73 Å². The maximum absolute atomic E-state index is 11.8. The van der Waals surface area contributed by atoms with E-state index in [9.17, 15) is 4.79 Å². The van der Waals surface area contributed by atoms with Gasteiger partial charge < -0.3 is 15.4 Å². The van der Waals surface area contributed by atoms with Gasteiger partial charge in [0, 0.05) is 19.3 Å². The van der Waals surface area contributed by atoms with Crippen LogP contribution in [0.2, 0.25) is 0 Å². The van der Waals surface area contributed by atoms with Gasteiger partial charge in [-0.15, -0.1) is 0 Å². The smallest absolute Gasteiger partial charge is 0.252 e. The van der Waals surface area contributed by atoms with Gasteiger partial charge in [-0.25, -0.2) is 0 Å². The van der Waals surface area contributed by atoms with Crippen LogP contribution in [0.1, 0.15) is 11.1 Å². The van der Waals surface area contributed by atoms with Crippen molar-refractivity contribution in [1.82, 2.24) is 0 Å². The summed E-state index contributed by atoms with van der Waals surface area (Å²) in [5.41, 5.74) is 9.04. The Morgan fingerprint density at radius 1 is 1.53 bits per heavy atom. The largest absolute Gasteiger partial charge is 0.375 e. The van der Waals surface area contributed by atoms with Crippen molar-refractivity contribution in [3.05, 3.63) is 29.3 Å². The minimum Gasteiger partial charge on any atom is -0.375 e. The van der Waals surface area contributed by atoms with Crippen molar-refractivity contribution in [2.45, 2.75) is 12.8 Å². The summed E-state index contributed by atoms with van der Waals surface area (Å²) in [7, 11) is 1.54. The van der Waals surface area contributed by atoms with Crippen LogP contribution in [0.4, 0.5) is 5.69 Å². The molecule has 0 atom stereocenters. The fourth-order valence-corrected chi connectivity index (χ4v) is 2.24. The Kier molecular flexibility index (Phi) is 3.76. The number of benzene rings is 1. The van der Waals surface area contributed by atoms with Gasteiger partial charge in [-0.2, -0.15) is 0 Å². The first-order valence-corrected chi connectivity index (χ1v) is 5.87. The maximum atomic E-state index is 11.8. The highest BCUT2D eigenvalue weighted by Crippen LogP contribution is 2.29. The van der Waals surface area contributed by atoms with E-state index in [-0.39, 0.29) is 12.5 Å². The second kappa shape index (κ2) is 5.29. The number of methoxy groups -OCH3 is 1.